The maximum Gasteiger partial charge on any atom is 0.459 e. The molecular formula is C25H33F2N6O8P. The van der Waals surface area contributed by atoms with Gasteiger partial charge in [0.1, 0.15) is 18.4 Å². The van der Waals surface area contributed by atoms with Crippen molar-refractivity contribution < 1.29 is 46.5 Å². The van der Waals surface area contributed by atoms with E-state index in [4.69, 9.17) is 29.0 Å². The third-order valence-electron chi connectivity index (χ3n) is 6.13. The highest BCUT2D eigenvalue weighted by atomic mass is 31.2. The number of rotatable bonds is 12. The Bertz CT molecular complexity index is 1460. The van der Waals surface area contributed by atoms with Crippen molar-refractivity contribution in [3.8, 4) is 11.6 Å². The van der Waals surface area contributed by atoms with E-state index in [0.29, 0.717) is 0 Å². The number of nitrogen functional groups attached to an aromatic ring is 1. The van der Waals surface area contributed by atoms with Crippen molar-refractivity contribution in [3.05, 3.63) is 36.7 Å². The number of nitrogens with one attached hydrogen (secondary N) is 1. The number of carbonyl (C=O) groups is 1. The molecule has 3 aromatic rings. The minimum Gasteiger partial charge on any atom is -0.476 e. The number of alkyl halides is 2. The Kier molecular flexibility index (Phi) is 9.04. The van der Waals surface area contributed by atoms with E-state index in [-0.39, 0.29) is 35.3 Å². The minimum atomic E-state index is -4.58. The van der Waals surface area contributed by atoms with Gasteiger partial charge in [0.2, 0.25) is 11.8 Å². The lowest BCUT2D eigenvalue weighted by Gasteiger charge is -2.28. The maximum absolute atomic E-state index is 16.2. The molecule has 1 unspecified atom stereocenters. The lowest BCUT2D eigenvalue weighted by atomic mass is 9.97. The molecule has 0 bridgehead atoms. The fourth-order valence-electron chi connectivity index (χ4n) is 4.19. The Morgan fingerprint density at radius 3 is 2.60 bits per heavy atom. The van der Waals surface area contributed by atoms with Gasteiger partial charge in [0.25, 0.3) is 5.85 Å². The number of aromatic nitrogens is 4. The number of nitrogens with two attached hydrogens (primary N) is 1. The Morgan fingerprint density at radius 1 is 1.26 bits per heavy atom. The number of esters is 1. The fourth-order valence-corrected chi connectivity index (χ4v) is 5.69. The average Bonchev–Trinajstić information content (AvgIpc) is 3.40. The van der Waals surface area contributed by atoms with E-state index in [9.17, 15) is 14.5 Å². The summed E-state index contributed by atoms with van der Waals surface area (Å²) in [6.45, 7) is 6.14. The van der Waals surface area contributed by atoms with Crippen LogP contribution in [0.2, 0.25) is 0 Å². The summed E-state index contributed by atoms with van der Waals surface area (Å²) in [6, 6.07) is 6.50. The molecule has 14 nitrogen and oxygen atoms in total. The second-order valence-electron chi connectivity index (χ2n) is 9.97. The molecule has 4 N–H and O–H groups in total. The number of anilines is 1. The van der Waals surface area contributed by atoms with Crippen LogP contribution in [0, 0.1) is 0 Å². The summed E-state index contributed by atoms with van der Waals surface area (Å²) < 4.78 is 73.7. The van der Waals surface area contributed by atoms with Crippen LogP contribution in [0.4, 0.5) is 14.7 Å². The summed E-state index contributed by atoms with van der Waals surface area (Å²) in [5, 5.41) is 13.2. The Hall–Kier alpha value is -3.43. The van der Waals surface area contributed by atoms with Gasteiger partial charge in [-0.1, -0.05) is 18.2 Å². The van der Waals surface area contributed by atoms with Gasteiger partial charge in [-0.25, -0.2) is 18.3 Å². The molecule has 6 atom stereocenters. The fraction of sp³-hybridized carbons (Fsp3) is 0.520. The highest BCUT2D eigenvalue weighted by Gasteiger charge is 2.65. The van der Waals surface area contributed by atoms with Crippen LogP contribution in [0.25, 0.3) is 11.2 Å². The van der Waals surface area contributed by atoms with E-state index in [2.05, 4.69) is 20.0 Å². The van der Waals surface area contributed by atoms with Crippen molar-refractivity contribution in [2.75, 3.05) is 18.9 Å². The quantitative estimate of drug-likeness (QED) is 0.200. The van der Waals surface area contributed by atoms with E-state index in [1.54, 1.807) is 39.0 Å². The topological polar surface area (TPSA) is 182 Å². The average molecular weight is 615 g/mol. The molecule has 0 spiro atoms. The Balaban J connectivity index is 1.61. The Labute approximate surface area is 240 Å². The van der Waals surface area contributed by atoms with E-state index in [1.165, 1.54) is 19.1 Å². The highest BCUT2D eigenvalue weighted by Crippen LogP contribution is 2.52. The first-order valence-corrected chi connectivity index (χ1v) is 14.6. The number of imidazole rings is 1. The number of halogens is 2. The van der Waals surface area contributed by atoms with E-state index < -0.39 is 56.3 Å². The van der Waals surface area contributed by atoms with Gasteiger partial charge in [0, 0.05) is 0 Å². The molecule has 0 amide bonds. The Morgan fingerprint density at radius 2 is 1.95 bits per heavy atom. The first kappa shape index (κ1) is 31.5. The predicted octanol–water partition coefficient (Wildman–Crippen LogP) is 3.22. The van der Waals surface area contributed by atoms with Crippen molar-refractivity contribution >= 4 is 30.8 Å². The number of hydrogen-bond acceptors (Lipinski definition) is 12. The van der Waals surface area contributed by atoms with Gasteiger partial charge in [0.15, 0.2) is 29.2 Å². The number of nitrogens with zero attached hydrogens (tertiary/aromatic N) is 4. The van der Waals surface area contributed by atoms with Crippen LogP contribution in [-0.2, 0) is 23.4 Å². The zero-order valence-electron chi connectivity index (χ0n) is 23.6. The number of hydrogen-bond donors (Lipinski definition) is 3. The summed E-state index contributed by atoms with van der Waals surface area (Å²) >= 11 is 0. The first-order chi connectivity index (χ1) is 19.7. The van der Waals surface area contributed by atoms with Crippen LogP contribution < -0.4 is 20.1 Å². The lowest BCUT2D eigenvalue weighted by molar-refractivity contribution is -0.202. The van der Waals surface area contributed by atoms with Gasteiger partial charge >= 0.3 is 13.7 Å². The van der Waals surface area contributed by atoms with Gasteiger partial charge in [-0.3, -0.25) is 13.9 Å². The zero-order chi connectivity index (χ0) is 30.9. The van der Waals surface area contributed by atoms with Crippen molar-refractivity contribution in [3.63, 3.8) is 0 Å². The second kappa shape index (κ2) is 12.1. The molecule has 0 aliphatic carbocycles. The maximum atomic E-state index is 16.2. The molecule has 3 heterocycles. The van der Waals surface area contributed by atoms with Crippen molar-refractivity contribution in [1.29, 1.82) is 0 Å². The summed E-state index contributed by atoms with van der Waals surface area (Å²) in [7, 11) is -4.58. The van der Waals surface area contributed by atoms with Crippen molar-refractivity contribution in [2.45, 2.75) is 70.6 Å². The van der Waals surface area contributed by atoms with Gasteiger partial charge < -0.3 is 29.6 Å². The molecule has 1 aliphatic heterocycles. The molecule has 1 saturated heterocycles. The van der Waals surface area contributed by atoms with E-state index in [1.807, 2.05) is 0 Å². The van der Waals surface area contributed by atoms with E-state index >= 15 is 8.78 Å². The number of ether oxygens (including phenoxy) is 3. The van der Waals surface area contributed by atoms with E-state index in [0.717, 1.165) is 17.8 Å². The number of para-hydroxylation sites is 1. The van der Waals surface area contributed by atoms with Gasteiger partial charge in [-0.15, -0.1) is 0 Å². The molecule has 17 heteroatoms. The monoisotopic (exact) mass is 614 g/mol. The molecule has 0 saturated carbocycles. The first-order valence-electron chi connectivity index (χ1n) is 13.0. The third kappa shape index (κ3) is 6.47. The molecule has 0 radical (unpaired) electrons. The molecule has 1 aromatic carbocycles. The van der Waals surface area contributed by atoms with Gasteiger partial charge in [-0.05, 0) is 46.8 Å². The normalized spacial score (nSPS) is 26.2. The van der Waals surface area contributed by atoms with Gasteiger partial charge in [0.05, 0.1) is 19.0 Å². The molecule has 1 aliphatic rings. The third-order valence-corrected chi connectivity index (χ3v) is 7.75. The van der Waals surface area contributed by atoms with Crippen LogP contribution in [0.3, 0.4) is 0 Å². The molecule has 230 valence electrons. The minimum absolute atomic E-state index is 0.0166. The molecule has 4 rings (SSSR count). The van der Waals surface area contributed by atoms with Crippen LogP contribution in [0.15, 0.2) is 36.7 Å². The lowest BCUT2D eigenvalue weighted by Crippen LogP contribution is -2.47. The molecule has 42 heavy (non-hydrogen) atoms. The largest absolute Gasteiger partial charge is 0.476 e. The SMILES string of the molecule is CCOc1nc(N)nc2c1ncn2[C@@H]1O[C@](F)(CO[P@@](=O)(NC(C)C(=O)OC(C)C)Oc2ccccc2)[C@@H](O)[C@@]1(C)F. The van der Waals surface area contributed by atoms with Crippen molar-refractivity contribution in [1.82, 2.24) is 24.6 Å². The number of aliphatic hydroxyl groups is 1. The van der Waals surface area contributed by atoms with Crippen LogP contribution in [-0.4, -0.2) is 73.6 Å². The van der Waals surface area contributed by atoms with Crippen LogP contribution in [0.5, 0.6) is 11.6 Å². The molecule has 1 fully saturated rings. The van der Waals surface area contributed by atoms with Crippen molar-refractivity contribution in [2.24, 2.45) is 0 Å². The summed E-state index contributed by atoms with van der Waals surface area (Å²) in [5.74, 6) is -4.20. The van der Waals surface area contributed by atoms with Gasteiger partial charge in [-0.2, -0.15) is 15.1 Å². The number of aliphatic hydroxyl groups excluding tert-OH is 1. The predicted molar refractivity (Wildman–Crippen MR) is 145 cm³/mol. The van der Waals surface area contributed by atoms with Crippen LogP contribution >= 0.6 is 7.75 Å². The zero-order valence-corrected chi connectivity index (χ0v) is 24.5. The number of fused-ring (bicyclic) bond motifs is 1. The summed E-state index contributed by atoms with van der Waals surface area (Å²) in [6.07, 6.45) is -3.66. The molecule has 2 aromatic heterocycles. The smallest absolute Gasteiger partial charge is 0.459 e. The second-order valence-corrected chi connectivity index (χ2v) is 11.7. The summed E-state index contributed by atoms with van der Waals surface area (Å²) in [4.78, 5) is 24.5. The standard InChI is InChI=1S/C25H33F2N6O8P/c1-6-37-19-17-18(30-23(28)31-19)33(13-29-17)22-24(5,26)21(35)25(27,40-22)12-38-42(36,41-16-10-8-7-9-11-16)32-15(4)20(34)39-14(2)3/h7-11,13-15,21-22,35H,6,12H2,1-5H3,(H,32,36)(H2,28,30,31)/t15?,21-,22+,24+,25+,42-/m0/s1. The van der Waals surface area contributed by atoms with Crippen LogP contribution in [0.1, 0.15) is 40.8 Å². The molecular weight excluding hydrogens is 581 g/mol. The highest BCUT2D eigenvalue weighted by molar-refractivity contribution is 7.52. The number of carbonyl (C=O) groups excluding carboxylic acids is 1. The summed E-state index contributed by atoms with van der Waals surface area (Å²) in [5.41, 5.74) is 3.03. The number of benzene rings is 1.